The molecule has 5 nitrogen and oxygen atoms in total. The van der Waals surface area contributed by atoms with Gasteiger partial charge in [-0.15, -0.1) is 0 Å². The Morgan fingerprint density at radius 1 is 0.929 bits per heavy atom. The first kappa shape index (κ1) is 22.0. The van der Waals surface area contributed by atoms with Crippen LogP contribution in [0.4, 0.5) is 0 Å². The molecular weight excluding hydrogens is 376 g/mol. The van der Waals surface area contributed by atoms with Crippen LogP contribution in [0.3, 0.4) is 0 Å². The highest BCUT2D eigenvalue weighted by atomic mass is 32.2. The number of rotatable bonds is 6. The zero-order chi connectivity index (χ0) is 20.9. The first-order chi connectivity index (χ1) is 13.2. The quantitative estimate of drug-likeness (QED) is 0.529. The first-order valence-corrected chi connectivity index (χ1v) is 9.84. The van der Waals surface area contributed by atoms with E-state index in [1.165, 1.54) is 26.0 Å². The van der Waals surface area contributed by atoms with Crippen LogP contribution in [0.2, 0.25) is 0 Å². The molecule has 2 aromatic carbocycles. The minimum atomic E-state index is -1.21. The van der Waals surface area contributed by atoms with E-state index in [0.717, 1.165) is 16.3 Å². The van der Waals surface area contributed by atoms with E-state index in [0.29, 0.717) is 0 Å². The summed E-state index contributed by atoms with van der Waals surface area (Å²) in [5.74, 6) is -3.30. The fourth-order valence-corrected chi connectivity index (χ4v) is 4.05. The number of hydrogen-bond donors (Lipinski definition) is 0. The molecule has 0 aromatic heterocycles. The standard InChI is InChI=1S/C22H26O5S/c1-22(2,3)28-18(23)13-17(19(20(24)26-4)21(25)27-5)16-11-10-14-8-6-7-9-15(14)12-16/h6-12,17,19H,13H2,1-5H3/t17-/m1/s1. The van der Waals surface area contributed by atoms with E-state index in [1.54, 1.807) is 0 Å². The molecule has 0 aliphatic rings. The Labute approximate surface area is 169 Å². The molecule has 0 spiro atoms. The van der Waals surface area contributed by atoms with Crippen LogP contribution in [0, 0.1) is 5.92 Å². The van der Waals surface area contributed by atoms with E-state index in [-0.39, 0.29) is 16.3 Å². The molecule has 0 aliphatic carbocycles. The Morgan fingerprint density at radius 3 is 2.04 bits per heavy atom. The number of esters is 2. The van der Waals surface area contributed by atoms with Gasteiger partial charge in [-0.25, -0.2) is 0 Å². The number of fused-ring (bicyclic) bond motifs is 1. The molecule has 0 aliphatic heterocycles. The molecule has 0 heterocycles. The zero-order valence-electron chi connectivity index (χ0n) is 16.9. The maximum absolute atomic E-state index is 12.7. The van der Waals surface area contributed by atoms with Crippen LogP contribution >= 0.6 is 11.8 Å². The van der Waals surface area contributed by atoms with Crippen molar-refractivity contribution in [2.24, 2.45) is 5.92 Å². The largest absolute Gasteiger partial charge is 0.468 e. The molecule has 0 amide bonds. The summed E-state index contributed by atoms with van der Waals surface area (Å²) in [5, 5.41) is 1.91. The van der Waals surface area contributed by atoms with Crippen LogP contribution in [-0.2, 0) is 23.9 Å². The topological polar surface area (TPSA) is 69.7 Å². The summed E-state index contributed by atoms with van der Waals surface area (Å²) < 4.78 is 9.43. The molecule has 150 valence electrons. The van der Waals surface area contributed by atoms with Crippen LogP contribution in [0.5, 0.6) is 0 Å². The van der Waals surface area contributed by atoms with Gasteiger partial charge in [0, 0.05) is 17.1 Å². The van der Waals surface area contributed by atoms with Crippen molar-refractivity contribution in [1.82, 2.24) is 0 Å². The molecule has 28 heavy (non-hydrogen) atoms. The first-order valence-electron chi connectivity index (χ1n) is 9.02. The Morgan fingerprint density at radius 2 is 1.50 bits per heavy atom. The number of hydrogen-bond acceptors (Lipinski definition) is 6. The number of carbonyl (C=O) groups is 3. The SMILES string of the molecule is COC(=O)C(C(=O)OC)[C@H](CC(=O)SC(C)(C)C)c1ccc2ccccc2c1. The van der Waals surface area contributed by atoms with Gasteiger partial charge < -0.3 is 9.47 Å². The maximum atomic E-state index is 12.7. The number of benzene rings is 2. The summed E-state index contributed by atoms with van der Waals surface area (Å²) in [6.07, 6.45) is 0.0230. The second-order valence-corrected chi connectivity index (χ2v) is 9.41. The van der Waals surface area contributed by atoms with E-state index >= 15 is 0 Å². The van der Waals surface area contributed by atoms with Crippen molar-refractivity contribution in [2.75, 3.05) is 14.2 Å². The summed E-state index contributed by atoms with van der Waals surface area (Å²) in [5.41, 5.74) is 0.724. The van der Waals surface area contributed by atoms with Crippen LogP contribution in [-0.4, -0.2) is 36.0 Å². The lowest BCUT2D eigenvalue weighted by molar-refractivity contribution is -0.160. The number of ether oxygens (including phenoxy) is 2. The molecule has 0 fully saturated rings. The number of carbonyl (C=O) groups excluding carboxylic acids is 3. The lowest BCUT2D eigenvalue weighted by Crippen LogP contribution is -2.33. The molecule has 0 radical (unpaired) electrons. The van der Waals surface area contributed by atoms with Crippen molar-refractivity contribution in [3.05, 3.63) is 48.0 Å². The normalized spacial score (nSPS) is 12.6. The molecule has 0 saturated carbocycles. The maximum Gasteiger partial charge on any atom is 0.320 e. The Hall–Kier alpha value is -2.34. The highest BCUT2D eigenvalue weighted by Gasteiger charge is 2.39. The second-order valence-electron chi connectivity index (χ2n) is 7.53. The third-order valence-electron chi connectivity index (χ3n) is 4.32. The fourth-order valence-electron chi connectivity index (χ4n) is 3.11. The molecular formula is C22H26O5S. The minimum Gasteiger partial charge on any atom is -0.468 e. The third-order valence-corrected chi connectivity index (χ3v) is 5.33. The average molecular weight is 403 g/mol. The molecule has 1 atom stereocenters. The summed E-state index contributed by atoms with van der Waals surface area (Å²) in [7, 11) is 2.45. The fraction of sp³-hybridized carbons (Fsp3) is 0.409. The van der Waals surface area contributed by atoms with Crippen LogP contribution < -0.4 is 0 Å². The molecule has 0 N–H and O–H groups in total. The van der Waals surface area contributed by atoms with Gasteiger partial charge in [-0.05, 0) is 16.3 Å². The van der Waals surface area contributed by atoms with Gasteiger partial charge >= 0.3 is 11.9 Å². The number of methoxy groups -OCH3 is 2. The van der Waals surface area contributed by atoms with Gasteiger partial charge in [0.15, 0.2) is 11.0 Å². The van der Waals surface area contributed by atoms with Gasteiger partial charge in [0.1, 0.15) is 0 Å². The molecule has 2 rings (SSSR count). The van der Waals surface area contributed by atoms with Crippen LogP contribution in [0.1, 0.15) is 38.7 Å². The van der Waals surface area contributed by atoms with Crippen molar-refractivity contribution in [3.63, 3.8) is 0 Å². The lowest BCUT2D eigenvalue weighted by Gasteiger charge is -2.25. The van der Waals surface area contributed by atoms with E-state index in [2.05, 4.69) is 0 Å². The molecule has 0 bridgehead atoms. The van der Waals surface area contributed by atoms with Crippen molar-refractivity contribution in [2.45, 2.75) is 37.9 Å². The van der Waals surface area contributed by atoms with Crippen molar-refractivity contribution < 1.29 is 23.9 Å². The smallest absolute Gasteiger partial charge is 0.320 e. The molecule has 6 heteroatoms. The molecule has 2 aromatic rings. The van der Waals surface area contributed by atoms with Crippen LogP contribution in [0.15, 0.2) is 42.5 Å². The van der Waals surface area contributed by atoms with E-state index in [9.17, 15) is 14.4 Å². The van der Waals surface area contributed by atoms with Gasteiger partial charge in [0.05, 0.1) is 14.2 Å². The van der Waals surface area contributed by atoms with E-state index < -0.39 is 23.8 Å². The van der Waals surface area contributed by atoms with E-state index in [1.807, 2.05) is 63.2 Å². The van der Waals surface area contributed by atoms with Gasteiger partial charge in [-0.3, -0.25) is 14.4 Å². The second kappa shape index (κ2) is 9.24. The summed E-state index contributed by atoms with van der Waals surface area (Å²) >= 11 is 1.20. The van der Waals surface area contributed by atoms with Gasteiger partial charge in [0.25, 0.3) is 0 Å². The third kappa shape index (κ3) is 5.58. The number of thioether (sulfide) groups is 1. The van der Waals surface area contributed by atoms with Crippen molar-refractivity contribution in [3.8, 4) is 0 Å². The Kier molecular flexibility index (Phi) is 7.24. The highest BCUT2D eigenvalue weighted by Crippen LogP contribution is 2.36. The molecule has 0 unspecified atom stereocenters. The lowest BCUT2D eigenvalue weighted by atomic mass is 9.83. The average Bonchev–Trinajstić information content (AvgIpc) is 2.65. The van der Waals surface area contributed by atoms with Gasteiger partial charge in [-0.2, -0.15) is 0 Å². The minimum absolute atomic E-state index is 0.0230. The summed E-state index contributed by atoms with van der Waals surface area (Å²) in [6.45, 7) is 5.83. The predicted molar refractivity (Wildman–Crippen MR) is 111 cm³/mol. The van der Waals surface area contributed by atoms with E-state index in [4.69, 9.17) is 9.47 Å². The monoisotopic (exact) mass is 402 g/mol. The molecule has 0 saturated heterocycles. The van der Waals surface area contributed by atoms with Gasteiger partial charge in [-0.1, -0.05) is 75.0 Å². The summed E-state index contributed by atoms with van der Waals surface area (Å²) in [6, 6.07) is 13.5. The predicted octanol–water partition coefficient (Wildman–Crippen LogP) is 4.33. The van der Waals surface area contributed by atoms with Gasteiger partial charge in [0.2, 0.25) is 0 Å². The summed E-state index contributed by atoms with van der Waals surface area (Å²) in [4.78, 5) is 37.5. The highest BCUT2D eigenvalue weighted by molar-refractivity contribution is 8.14. The van der Waals surface area contributed by atoms with Crippen molar-refractivity contribution >= 4 is 39.6 Å². The zero-order valence-corrected chi connectivity index (χ0v) is 17.7. The Bertz CT molecular complexity index is 853. The Balaban J connectivity index is 2.50. The van der Waals surface area contributed by atoms with Crippen LogP contribution in [0.25, 0.3) is 10.8 Å². The van der Waals surface area contributed by atoms with Crippen molar-refractivity contribution in [1.29, 1.82) is 0 Å².